The maximum absolute atomic E-state index is 9.09. The van der Waals surface area contributed by atoms with E-state index in [4.69, 9.17) is 5.11 Å². The topological polar surface area (TPSA) is 35.5 Å². The quantitative estimate of drug-likeness (QED) is 0.699. The van der Waals surface area contributed by atoms with Gasteiger partial charge in [-0.2, -0.15) is 0 Å². The molecule has 1 fully saturated rings. The van der Waals surface area contributed by atoms with Crippen molar-refractivity contribution >= 4 is 0 Å². The molecule has 0 radical (unpaired) electrons. The number of hydrogen-bond acceptors (Lipinski definition) is 3. The molecule has 0 aromatic rings. The summed E-state index contributed by atoms with van der Waals surface area (Å²) in [5, 5.41) is 12.6. The normalized spacial score (nSPS) is 22.0. The fourth-order valence-electron chi connectivity index (χ4n) is 3.18. The van der Waals surface area contributed by atoms with Crippen LogP contribution in [0.4, 0.5) is 0 Å². The van der Waals surface area contributed by atoms with E-state index in [0.717, 1.165) is 19.5 Å². The molecular formula is C15H32N2O. The van der Waals surface area contributed by atoms with Crippen LogP contribution in [-0.4, -0.2) is 48.8 Å². The van der Waals surface area contributed by atoms with E-state index in [0.29, 0.717) is 18.1 Å². The Hall–Kier alpha value is -0.120. The third-order valence-electron chi connectivity index (χ3n) is 4.87. The van der Waals surface area contributed by atoms with Gasteiger partial charge in [0.25, 0.3) is 0 Å². The molecule has 1 heterocycles. The van der Waals surface area contributed by atoms with Gasteiger partial charge in [-0.25, -0.2) is 0 Å². The van der Waals surface area contributed by atoms with Crippen LogP contribution in [0.5, 0.6) is 0 Å². The molecule has 0 aliphatic carbocycles. The third-order valence-corrected chi connectivity index (χ3v) is 4.87. The van der Waals surface area contributed by atoms with E-state index >= 15 is 0 Å². The lowest BCUT2D eigenvalue weighted by atomic mass is 9.74. The van der Waals surface area contributed by atoms with E-state index in [-0.39, 0.29) is 0 Å². The third kappa shape index (κ3) is 4.52. The fourth-order valence-corrected chi connectivity index (χ4v) is 3.18. The highest BCUT2D eigenvalue weighted by molar-refractivity contribution is 4.85. The SMILES string of the molecule is CCNC(CCO)CN1CCC(CC)(CC)CC1. The number of aliphatic hydroxyl groups excluding tert-OH is 1. The van der Waals surface area contributed by atoms with E-state index in [1.807, 2.05) is 0 Å². The predicted molar refractivity (Wildman–Crippen MR) is 77.9 cm³/mol. The molecule has 108 valence electrons. The Morgan fingerprint density at radius 2 is 1.78 bits per heavy atom. The zero-order valence-electron chi connectivity index (χ0n) is 12.5. The minimum atomic E-state index is 0.291. The molecule has 0 aromatic carbocycles. The first-order valence-electron chi connectivity index (χ1n) is 7.76. The smallest absolute Gasteiger partial charge is 0.0446 e. The molecule has 3 heteroatoms. The van der Waals surface area contributed by atoms with Gasteiger partial charge < -0.3 is 15.3 Å². The van der Waals surface area contributed by atoms with Gasteiger partial charge in [0.05, 0.1) is 0 Å². The number of piperidine rings is 1. The minimum Gasteiger partial charge on any atom is -0.396 e. The van der Waals surface area contributed by atoms with Crippen molar-refractivity contribution < 1.29 is 5.11 Å². The van der Waals surface area contributed by atoms with Crippen LogP contribution in [-0.2, 0) is 0 Å². The predicted octanol–water partition coefficient (Wildman–Crippen LogP) is 2.25. The highest BCUT2D eigenvalue weighted by Crippen LogP contribution is 2.37. The van der Waals surface area contributed by atoms with Crippen LogP contribution in [0.1, 0.15) is 52.9 Å². The number of nitrogens with zero attached hydrogens (tertiary/aromatic N) is 1. The van der Waals surface area contributed by atoms with Gasteiger partial charge >= 0.3 is 0 Å². The zero-order valence-corrected chi connectivity index (χ0v) is 12.5. The molecule has 1 saturated heterocycles. The molecule has 1 rings (SSSR count). The highest BCUT2D eigenvalue weighted by atomic mass is 16.3. The Morgan fingerprint density at radius 3 is 2.22 bits per heavy atom. The van der Waals surface area contributed by atoms with Gasteiger partial charge in [-0.15, -0.1) is 0 Å². The lowest BCUT2D eigenvalue weighted by Gasteiger charge is -2.42. The summed E-state index contributed by atoms with van der Waals surface area (Å²) in [6, 6.07) is 0.454. The standard InChI is InChI=1S/C15H32N2O/c1-4-15(5-2)8-10-17(11-9-15)13-14(7-12-18)16-6-3/h14,16,18H,4-13H2,1-3H3. The summed E-state index contributed by atoms with van der Waals surface area (Å²) in [7, 11) is 0. The van der Waals surface area contributed by atoms with Gasteiger partial charge in [-0.1, -0.05) is 33.6 Å². The average molecular weight is 256 g/mol. The summed E-state index contributed by atoms with van der Waals surface area (Å²) in [5.41, 5.74) is 0.612. The number of likely N-dealkylation sites (N-methyl/N-ethyl adjacent to an activating group) is 1. The minimum absolute atomic E-state index is 0.291. The number of nitrogens with one attached hydrogen (secondary N) is 1. The zero-order chi connectivity index (χ0) is 13.4. The van der Waals surface area contributed by atoms with Gasteiger partial charge in [0, 0.05) is 19.2 Å². The van der Waals surface area contributed by atoms with E-state index in [1.54, 1.807) is 0 Å². The lowest BCUT2D eigenvalue weighted by molar-refractivity contribution is 0.0857. The van der Waals surface area contributed by atoms with Gasteiger partial charge in [0.2, 0.25) is 0 Å². The highest BCUT2D eigenvalue weighted by Gasteiger charge is 2.31. The van der Waals surface area contributed by atoms with Gasteiger partial charge in [-0.3, -0.25) is 0 Å². The number of hydrogen-bond donors (Lipinski definition) is 2. The Balaban J connectivity index is 2.37. The summed E-state index contributed by atoms with van der Waals surface area (Å²) in [5.74, 6) is 0. The molecule has 0 saturated carbocycles. The molecule has 3 nitrogen and oxygen atoms in total. The Bertz CT molecular complexity index is 201. The van der Waals surface area contributed by atoms with E-state index in [1.165, 1.54) is 38.8 Å². The maximum Gasteiger partial charge on any atom is 0.0446 e. The maximum atomic E-state index is 9.09. The molecule has 18 heavy (non-hydrogen) atoms. The first kappa shape index (κ1) is 15.9. The Morgan fingerprint density at radius 1 is 1.17 bits per heavy atom. The molecule has 0 spiro atoms. The lowest BCUT2D eigenvalue weighted by Crippen LogP contribution is -2.46. The average Bonchev–Trinajstić information content (AvgIpc) is 2.41. The van der Waals surface area contributed by atoms with E-state index < -0.39 is 0 Å². The number of likely N-dealkylation sites (tertiary alicyclic amines) is 1. The van der Waals surface area contributed by atoms with Crippen molar-refractivity contribution in [3.05, 3.63) is 0 Å². The van der Waals surface area contributed by atoms with Gasteiger partial charge in [0.15, 0.2) is 0 Å². The monoisotopic (exact) mass is 256 g/mol. The fraction of sp³-hybridized carbons (Fsp3) is 1.00. The van der Waals surface area contributed by atoms with Crippen molar-refractivity contribution in [2.24, 2.45) is 5.41 Å². The molecular weight excluding hydrogens is 224 g/mol. The summed E-state index contributed by atoms with van der Waals surface area (Å²) < 4.78 is 0. The first-order chi connectivity index (χ1) is 8.69. The molecule has 1 aliphatic rings. The molecule has 1 aliphatic heterocycles. The number of rotatable bonds is 8. The Kier molecular flexibility index (Phi) is 7.20. The number of aliphatic hydroxyl groups is 1. The van der Waals surface area contributed by atoms with Gasteiger partial charge in [-0.05, 0) is 44.3 Å². The van der Waals surface area contributed by atoms with Gasteiger partial charge in [0.1, 0.15) is 0 Å². The van der Waals surface area contributed by atoms with Crippen LogP contribution in [0.2, 0.25) is 0 Å². The first-order valence-corrected chi connectivity index (χ1v) is 7.76. The van der Waals surface area contributed by atoms with Crippen molar-refractivity contribution in [3.63, 3.8) is 0 Å². The van der Waals surface area contributed by atoms with Crippen molar-refractivity contribution in [1.82, 2.24) is 10.2 Å². The molecule has 0 amide bonds. The van der Waals surface area contributed by atoms with Crippen molar-refractivity contribution in [1.29, 1.82) is 0 Å². The van der Waals surface area contributed by atoms with Crippen LogP contribution in [0, 0.1) is 5.41 Å². The van der Waals surface area contributed by atoms with Crippen molar-refractivity contribution in [2.75, 3.05) is 32.8 Å². The summed E-state index contributed by atoms with van der Waals surface area (Å²) in [4.78, 5) is 2.58. The van der Waals surface area contributed by atoms with Crippen LogP contribution >= 0.6 is 0 Å². The largest absolute Gasteiger partial charge is 0.396 e. The summed E-state index contributed by atoms with van der Waals surface area (Å²) in [6.45, 7) is 11.7. The molecule has 0 aromatic heterocycles. The van der Waals surface area contributed by atoms with Crippen LogP contribution in [0.15, 0.2) is 0 Å². The second-order valence-electron chi connectivity index (χ2n) is 5.77. The van der Waals surface area contributed by atoms with E-state index in [9.17, 15) is 0 Å². The van der Waals surface area contributed by atoms with Crippen molar-refractivity contribution in [2.45, 2.75) is 58.9 Å². The van der Waals surface area contributed by atoms with E-state index in [2.05, 4.69) is 31.0 Å². The van der Waals surface area contributed by atoms with Crippen molar-refractivity contribution in [3.8, 4) is 0 Å². The second kappa shape index (κ2) is 8.13. The van der Waals surface area contributed by atoms with Crippen LogP contribution < -0.4 is 5.32 Å². The molecule has 2 N–H and O–H groups in total. The Labute approximate surface area is 113 Å². The molecule has 1 atom stereocenters. The second-order valence-corrected chi connectivity index (χ2v) is 5.77. The van der Waals surface area contributed by atoms with Crippen LogP contribution in [0.25, 0.3) is 0 Å². The molecule has 0 bridgehead atoms. The van der Waals surface area contributed by atoms with Crippen LogP contribution in [0.3, 0.4) is 0 Å². The summed E-state index contributed by atoms with van der Waals surface area (Å²) >= 11 is 0. The summed E-state index contributed by atoms with van der Waals surface area (Å²) in [6.07, 6.45) is 6.21. The molecule has 1 unspecified atom stereocenters.